The molecule has 459 valence electrons. The molecule has 0 aliphatic heterocycles. The Morgan fingerprint density at radius 1 is 0.281 bits per heavy atom. The highest BCUT2D eigenvalue weighted by molar-refractivity contribution is 6.30. The Bertz CT molecular complexity index is 5480. The normalized spacial score (nSPS) is 11.0. The number of fused-ring (bicyclic) bond motifs is 6. The van der Waals surface area contributed by atoms with E-state index in [1.807, 2.05) is 136 Å². The van der Waals surface area contributed by atoms with Crippen molar-refractivity contribution in [3.05, 3.63) is 319 Å². The van der Waals surface area contributed by atoms with Crippen LogP contribution in [0.1, 0.15) is 22.5 Å². The molecule has 1 radical (unpaired) electrons. The van der Waals surface area contributed by atoms with Crippen LogP contribution in [0, 0.1) is 27.7 Å². The van der Waals surface area contributed by atoms with Crippen LogP contribution < -0.4 is 4.65 Å². The van der Waals surface area contributed by atoms with Crippen LogP contribution in [-0.4, -0.2) is 52.6 Å². The van der Waals surface area contributed by atoms with E-state index >= 15 is 0 Å². The third kappa shape index (κ3) is 13.6. The van der Waals surface area contributed by atoms with Crippen LogP contribution >= 0.6 is 11.6 Å². The van der Waals surface area contributed by atoms with E-state index in [9.17, 15) is 0 Å². The first kappa shape index (κ1) is 61.6. The number of halogens is 1. The molecule has 0 amide bonds. The number of hydrogen-bond acceptors (Lipinski definition) is 10. The molecule has 0 saturated heterocycles. The van der Waals surface area contributed by atoms with Crippen LogP contribution in [0.15, 0.2) is 291 Å². The van der Waals surface area contributed by atoms with Gasteiger partial charge in [0.05, 0.1) is 50.5 Å². The first-order valence-corrected chi connectivity index (χ1v) is 32.0. The Morgan fingerprint density at radius 2 is 0.635 bits per heavy atom. The molecule has 0 atom stereocenters. The van der Waals surface area contributed by atoms with Crippen molar-refractivity contribution in [3.8, 4) is 107 Å². The van der Waals surface area contributed by atoms with E-state index < -0.39 is 0 Å². The fourth-order valence-electron chi connectivity index (χ4n) is 11.9. The van der Waals surface area contributed by atoms with E-state index in [0.29, 0.717) is 30.2 Å². The second kappa shape index (κ2) is 27.7. The summed E-state index contributed by atoms with van der Waals surface area (Å²) in [6, 6.07) is 98.5. The number of hydrogen-bond donors (Lipinski definition) is 1. The molecule has 12 heteroatoms. The van der Waals surface area contributed by atoms with Crippen LogP contribution in [0.2, 0.25) is 5.15 Å². The molecule has 0 spiro atoms. The zero-order valence-corrected chi connectivity index (χ0v) is 53.9. The second-order valence-electron chi connectivity index (χ2n) is 23.4. The van der Waals surface area contributed by atoms with Gasteiger partial charge in [-0.1, -0.05) is 248 Å². The summed E-state index contributed by atoms with van der Waals surface area (Å²) in [5.74, 6) is 1.86. The highest BCUT2D eigenvalue weighted by atomic mass is 35.5. The van der Waals surface area contributed by atoms with Crippen molar-refractivity contribution in [2.45, 2.75) is 27.7 Å². The molecule has 0 aliphatic carbocycles. The summed E-state index contributed by atoms with van der Waals surface area (Å²) in [6.07, 6.45) is 0. The first-order valence-electron chi connectivity index (χ1n) is 31.6. The smallest absolute Gasteiger partial charge is 0.537 e. The third-order valence-corrected chi connectivity index (χ3v) is 17.0. The van der Waals surface area contributed by atoms with Gasteiger partial charge >= 0.3 is 7.69 Å². The van der Waals surface area contributed by atoms with Gasteiger partial charge in [-0.3, -0.25) is 9.97 Å². The minimum atomic E-state index is 0.519. The maximum Gasteiger partial charge on any atom is 0.569 e. The zero-order chi connectivity index (χ0) is 65.5. The molecule has 6 heterocycles. The SMILES string of the molecule is Cc1ccc2ccc3c(C)cc(-c4cccc(-c5cc(-c6ccccc6)nc(-c6ccc(-c7ccccc7)cc6)n5)c4)nc3c2n1.Cc1ccc2ccc3c(C)cc(Cl)nc3c2n1.O[B]Oc1cccc(-c2cc(-c3ccccc3)nc(-c3ccc(-c4ccccc4)cc3)n2)c1. The molecule has 0 unspecified atom stereocenters. The van der Waals surface area contributed by atoms with Gasteiger partial charge in [0.15, 0.2) is 11.6 Å². The maximum absolute atomic E-state index is 9.00. The molecule has 96 heavy (non-hydrogen) atoms. The van der Waals surface area contributed by atoms with Gasteiger partial charge in [0.25, 0.3) is 0 Å². The van der Waals surface area contributed by atoms with Gasteiger partial charge in [-0.2, -0.15) is 0 Å². The van der Waals surface area contributed by atoms with Crippen molar-refractivity contribution in [2.24, 2.45) is 0 Å². The highest BCUT2D eigenvalue weighted by Gasteiger charge is 2.17. The monoisotopic (exact) mass is 1260 g/mol. The minimum absolute atomic E-state index is 0.519. The minimum Gasteiger partial charge on any atom is -0.537 e. The number of pyridine rings is 4. The van der Waals surface area contributed by atoms with Gasteiger partial charge < -0.3 is 9.68 Å². The number of rotatable bonds is 11. The quantitative estimate of drug-likeness (QED) is 0.0758. The maximum atomic E-state index is 9.00. The number of aryl methyl sites for hydroxylation is 4. The average Bonchev–Trinajstić information content (AvgIpc) is 0.792. The summed E-state index contributed by atoms with van der Waals surface area (Å²) in [5, 5.41) is 13.9. The van der Waals surface area contributed by atoms with Crippen molar-refractivity contribution in [1.29, 1.82) is 0 Å². The Balaban J connectivity index is 0.000000137. The third-order valence-electron chi connectivity index (χ3n) is 16.8. The fraction of sp³-hybridized carbons (Fsp3) is 0.0476. The fourth-order valence-corrected chi connectivity index (χ4v) is 12.1. The van der Waals surface area contributed by atoms with Gasteiger partial charge in [0.1, 0.15) is 10.9 Å². The van der Waals surface area contributed by atoms with E-state index in [0.717, 1.165) is 139 Å². The largest absolute Gasteiger partial charge is 0.569 e. The van der Waals surface area contributed by atoms with Crippen LogP contribution in [0.4, 0.5) is 0 Å². The predicted octanol–water partition coefficient (Wildman–Crippen LogP) is 20.6. The molecule has 0 bridgehead atoms. The van der Waals surface area contributed by atoms with E-state index in [4.69, 9.17) is 51.2 Å². The Labute approximate surface area is 562 Å². The Kier molecular flexibility index (Phi) is 17.8. The Morgan fingerprint density at radius 3 is 1.09 bits per heavy atom. The first-order chi connectivity index (χ1) is 47.0. The van der Waals surface area contributed by atoms with Gasteiger partial charge in [0.2, 0.25) is 0 Å². The predicted molar refractivity (Wildman–Crippen MR) is 393 cm³/mol. The number of aromatic nitrogens is 8. The molecule has 16 aromatic rings. The summed E-state index contributed by atoms with van der Waals surface area (Å²) in [7, 11) is 0.675. The van der Waals surface area contributed by atoms with Gasteiger partial charge in [-0.05, 0) is 116 Å². The number of nitrogens with zero attached hydrogens (tertiary/aromatic N) is 8. The molecule has 10 nitrogen and oxygen atoms in total. The summed E-state index contributed by atoms with van der Waals surface area (Å²) in [4.78, 5) is 38.9. The lowest BCUT2D eigenvalue weighted by atomic mass is 10.00. The summed E-state index contributed by atoms with van der Waals surface area (Å²) in [6.45, 7) is 8.19. The van der Waals surface area contributed by atoms with E-state index in [2.05, 4.69) is 187 Å². The average molecular weight is 1260 g/mol. The molecular formula is C84H61BClN8O2. The lowest BCUT2D eigenvalue weighted by molar-refractivity contribution is 0.454. The van der Waals surface area contributed by atoms with Crippen LogP contribution in [0.3, 0.4) is 0 Å². The van der Waals surface area contributed by atoms with Crippen molar-refractivity contribution >= 4 is 62.9 Å². The summed E-state index contributed by atoms with van der Waals surface area (Å²) < 4.78 is 5.14. The molecule has 10 aromatic carbocycles. The molecule has 6 aromatic heterocycles. The molecular weight excluding hydrogens is 1200 g/mol. The number of benzene rings is 10. The standard InChI is InChI=1S/C42H30N4.C28H20BN2O2.C14H11ClN2/c1-27-24-37(44-41-36(27)23-22-32-17-16-28(2)43-40(32)41)34-14-9-15-35(25-34)39-26-38(31-12-7-4-8-13-31)45-42(46-39)33-20-18-30(19-21-33)29-10-5-3-6-11-29;32-29-33-25-13-7-12-24(18-25)27-19-26(22-10-5-2-6-11-22)30-28(31-27)23-16-14-21(15-17-23)20-8-3-1-4-9-20;1-8-7-12(15)17-14-11(8)6-5-10-4-3-9(2)16-13(10)14/h3-26H,1-2H3;1-19,32H;3-7H,1-2H3. The van der Waals surface area contributed by atoms with E-state index in [-0.39, 0.29) is 0 Å². The molecule has 16 rings (SSSR count). The topological polar surface area (TPSA) is 133 Å². The van der Waals surface area contributed by atoms with Crippen molar-refractivity contribution < 1.29 is 9.68 Å². The summed E-state index contributed by atoms with van der Waals surface area (Å²) >= 11 is 6.03. The van der Waals surface area contributed by atoms with Crippen LogP contribution in [0.5, 0.6) is 5.75 Å². The van der Waals surface area contributed by atoms with Gasteiger partial charge in [-0.25, -0.2) is 29.9 Å². The van der Waals surface area contributed by atoms with Gasteiger partial charge in [-0.15, -0.1) is 0 Å². The second-order valence-corrected chi connectivity index (χ2v) is 23.8. The van der Waals surface area contributed by atoms with Crippen LogP contribution in [0.25, 0.3) is 145 Å². The van der Waals surface area contributed by atoms with Crippen molar-refractivity contribution in [1.82, 2.24) is 39.9 Å². The Hall–Kier alpha value is -11.9. The highest BCUT2D eigenvalue weighted by Crippen LogP contribution is 2.36. The molecule has 0 saturated carbocycles. The summed E-state index contributed by atoms with van der Waals surface area (Å²) in [5.41, 5.74) is 23.7. The lowest BCUT2D eigenvalue weighted by Gasteiger charge is -2.12. The molecule has 0 fully saturated rings. The zero-order valence-electron chi connectivity index (χ0n) is 53.1. The van der Waals surface area contributed by atoms with Crippen LogP contribution in [-0.2, 0) is 0 Å². The van der Waals surface area contributed by atoms with E-state index in [1.165, 1.54) is 16.7 Å². The molecule has 1 N–H and O–H groups in total. The van der Waals surface area contributed by atoms with E-state index in [1.54, 1.807) is 6.07 Å². The van der Waals surface area contributed by atoms with Crippen molar-refractivity contribution in [2.75, 3.05) is 0 Å². The molecule has 0 aliphatic rings. The van der Waals surface area contributed by atoms with Gasteiger partial charge in [0, 0.05) is 71.9 Å². The van der Waals surface area contributed by atoms with Crippen molar-refractivity contribution in [3.63, 3.8) is 0 Å². The lowest BCUT2D eigenvalue weighted by Crippen LogP contribution is -2.00.